The second kappa shape index (κ2) is 7.40. The predicted molar refractivity (Wildman–Crippen MR) is 101 cm³/mol. The van der Waals surface area contributed by atoms with Crippen LogP contribution in [0.2, 0.25) is 0 Å². The monoisotopic (exact) mass is 357 g/mol. The Morgan fingerprint density at radius 1 is 1.12 bits per heavy atom. The van der Waals surface area contributed by atoms with Crippen molar-refractivity contribution in [1.82, 2.24) is 0 Å². The van der Waals surface area contributed by atoms with E-state index in [1.165, 1.54) is 0 Å². The fourth-order valence-electron chi connectivity index (χ4n) is 2.56. The van der Waals surface area contributed by atoms with Crippen molar-refractivity contribution < 1.29 is 14.3 Å². The van der Waals surface area contributed by atoms with Gasteiger partial charge in [0.1, 0.15) is 0 Å². The third-order valence-corrected chi connectivity index (χ3v) is 4.83. The highest BCUT2D eigenvalue weighted by Gasteiger charge is 2.17. The number of carbonyl (C=O) groups is 1. The van der Waals surface area contributed by atoms with Gasteiger partial charge in [-0.3, -0.25) is 4.79 Å². The number of amides is 1. The molecule has 25 heavy (non-hydrogen) atoms. The second-order valence-electron chi connectivity index (χ2n) is 7.26. The molecule has 0 bridgehead atoms. The number of nitrogens with one attached hydrogen (secondary N) is 1. The molecule has 2 aromatic carbocycles. The molecule has 0 saturated heterocycles. The molecule has 2 aromatic rings. The number of anilines is 1. The van der Waals surface area contributed by atoms with Crippen LogP contribution in [0.1, 0.15) is 32.8 Å². The highest BCUT2D eigenvalue weighted by atomic mass is 32.2. The van der Waals surface area contributed by atoms with E-state index in [1.807, 2.05) is 42.5 Å². The van der Waals surface area contributed by atoms with E-state index < -0.39 is 0 Å². The Hall–Kier alpha value is -2.14. The van der Waals surface area contributed by atoms with Gasteiger partial charge in [-0.15, -0.1) is 11.8 Å². The molecule has 1 N–H and O–H groups in total. The number of hydrogen-bond donors (Lipinski definition) is 1. The van der Waals surface area contributed by atoms with Gasteiger partial charge in [-0.25, -0.2) is 0 Å². The van der Waals surface area contributed by atoms with Crippen LogP contribution in [-0.2, 0) is 10.5 Å². The minimum Gasteiger partial charge on any atom is -0.454 e. The van der Waals surface area contributed by atoms with Crippen LogP contribution in [0.3, 0.4) is 0 Å². The minimum atomic E-state index is -0.0291. The van der Waals surface area contributed by atoms with Crippen molar-refractivity contribution in [2.24, 2.45) is 5.41 Å². The third kappa shape index (κ3) is 4.92. The van der Waals surface area contributed by atoms with Crippen LogP contribution >= 0.6 is 11.8 Å². The van der Waals surface area contributed by atoms with Gasteiger partial charge in [-0.05, 0) is 35.2 Å². The van der Waals surface area contributed by atoms with Gasteiger partial charge in [-0.1, -0.05) is 39.0 Å². The first-order valence-electron chi connectivity index (χ1n) is 8.31. The Labute approximate surface area is 152 Å². The Kier molecular flexibility index (Phi) is 5.23. The van der Waals surface area contributed by atoms with E-state index in [0.717, 1.165) is 33.4 Å². The van der Waals surface area contributed by atoms with Crippen molar-refractivity contribution in [2.75, 3.05) is 12.1 Å². The summed E-state index contributed by atoms with van der Waals surface area (Å²) in [4.78, 5) is 13.3. The second-order valence-corrected chi connectivity index (χ2v) is 8.28. The van der Waals surface area contributed by atoms with Crippen molar-refractivity contribution in [2.45, 2.75) is 37.8 Å². The smallest absolute Gasteiger partial charge is 0.231 e. The summed E-state index contributed by atoms with van der Waals surface area (Å²) in [6, 6.07) is 13.9. The molecule has 5 heteroatoms. The number of ether oxygens (including phenoxy) is 2. The normalized spacial score (nSPS) is 12.9. The number of rotatable bonds is 5. The van der Waals surface area contributed by atoms with Crippen molar-refractivity contribution in [3.63, 3.8) is 0 Å². The zero-order valence-corrected chi connectivity index (χ0v) is 15.6. The van der Waals surface area contributed by atoms with E-state index in [9.17, 15) is 4.79 Å². The van der Waals surface area contributed by atoms with Crippen LogP contribution in [0.4, 0.5) is 5.69 Å². The van der Waals surface area contributed by atoms with Crippen LogP contribution in [0.25, 0.3) is 0 Å². The standard InChI is InChI=1S/C20H23NO3S/c1-20(2,3)11-19(22)21-15-6-4-5-7-18(15)25-12-14-8-9-16-17(10-14)24-13-23-16/h4-10H,11-13H2,1-3H3,(H,21,22). The van der Waals surface area contributed by atoms with Crippen LogP contribution in [-0.4, -0.2) is 12.7 Å². The van der Waals surface area contributed by atoms with Gasteiger partial charge in [0.05, 0.1) is 5.69 Å². The lowest BCUT2D eigenvalue weighted by Crippen LogP contribution is -2.19. The molecular formula is C20H23NO3S. The number of carbonyl (C=O) groups excluding carboxylic acids is 1. The maximum Gasteiger partial charge on any atom is 0.231 e. The molecular weight excluding hydrogens is 334 g/mol. The van der Waals surface area contributed by atoms with Gasteiger partial charge in [0.15, 0.2) is 11.5 Å². The molecule has 4 nitrogen and oxygen atoms in total. The predicted octanol–water partition coefficient (Wildman–Crippen LogP) is 5.08. The average molecular weight is 357 g/mol. The summed E-state index contributed by atoms with van der Waals surface area (Å²) in [5, 5.41) is 3.04. The van der Waals surface area contributed by atoms with Crippen molar-refractivity contribution in [3.8, 4) is 11.5 Å². The molecule has 0 unspecified atom stereocenters. The molecule has 3 rings (SSSR count). The molecule has 0 aliphatic carbocycles. The molecule has 0 radical (unpaired) electrons. The summed E-state index contributed by atoms with van der Waals surface area (Å²) in [7, 11) is 0. The van der Waals surface area contributed by atoms with Crippen molar-refractivity contribution >= 4 is 23.4 Å². The van der Waals surface area contributed by atoms with Crippen molar-refractivity contribution in [3.05, 3.63) is 48.0 Å². The molecule has 1 aliphatic rings. The van der Waals surface area contributed by atoms with Crippen LogP contribution in [0.5, 0.6) is 11.5 Å². The summed E-state index contributed by atoms with van der Waals surface area (Å²) < 4.78 is 10.8. The Morgan fingerprint density at radius 3 is 2.68 bits per heavy atom. The largest absolute Gasteiger partial charge is 0.454 e. The van der Waals surface area contributed by atoms with Crippen LogP contribution < -0.4 is 14.8 Å². The first kappa shape index (κ1) is 17.7. The van der Waals surface area contributed by atoms with E-state index in [0.29, 0.717) is 6.42 Å². The SMILES string of the molecule is CC(C)(C)CC(=O)Nc1ccccc1SCc1ccc2c(c1)OCO2. The number of fused-ring (bicyclic) bond motifs is 1. The molecule has 1 amide bonds. The van der Waals surface area contributed by atoms with E-state index in [1.54, 1.807) is 11.8 Å². The highest BCUT2D eigenvalue weighted by Crippen LogP contribution is 2.36. The Morgan fingerprint density at radius 2 is 1.88 bits per heavy atom. The minimum absolute atomic E-state index is 0.0291. The average Bonchev–Trinajstić information content (AvgIpc) is 3.00. The maximum absolute atomic E-state index is 12.2. The molecule has 1 aliphatic heterocycles. The Bertz CT molecular complexity index is 768. The number of benzene rings is 2. The summed E-state index contributed by atoms with van der Waals surface area (Å²) in [5.41, 5.74) is 1.99. The molecule has 0 atom stereocenters. The van der Waals surface area contributed by atoms with Crippen molar-refractivity contribution in [1.29, 1.82) is 0 Å². The van der Waals surface area contributed by atoms with Gasteiger partial charge >= 0.3 is 0 Å². The molecule has 0 saturated carbocycles. The topological polar surface area (TPSA) is 47.6 Å². The lowest BCUT2D eigenvalue weighted by Gasteiger charge is -2.18. The third-order valence-electron chi connectivity index (χ3n) is 3.68. The number of para-hydroxylation sites is 1. The van der Waals surface area contributed by atoms with E-state index in [2.05, 4.69) is 26.1 Å². The van der Waals surface area contributed by atoms with E-state index >= 15 is 0 Å². The van der Waals surface area contributed by atoms with Gasteiger partial charge in [0.2, 0.25) is 12.7 Å². The van der Waals surface area contributed by atoms with Gasteiger partial charge in [0, 0.05) is 17.1 Å². The van der Waals surface area contributed by atoms with Crippen LogP contribution in [0, 0.1) is 5.41 Å². The maximum atomic E-state index is 12.2. The summed E-state index contributed by atoms with van der Waals surface area (Å²) in [6.45, 7) is 6.47. The summed E-state index contributed by atoms with van der Waals surface area (Å²) in [5.74, 6) is 2.43. The summed E-state index contributed by atoms with van der Waals surface area (Å²) >= 11 is 1.69. The molecule has 0 aromatic heterocycles. The molecule has 132 valence electrons. The summed E-state index contributed by atoms with van der Waals surface area (Å²) in [6.07, 6.45) is 0.494. The lowest BCUT2D eigenvalue weighted by atomic mass is 9.92. The van der Waals surface area contributed by atoms with Gasteiger partial charge in [-0.2, -0.15) is 0 Å². The zero-order valence-electron chi connectivity index (χ0n) is 14.8. The first-order valence-corrected chi connectivity index (χ1v) is 9.29. The molecule has 1 heterocycles. The Balaban J connectivity index is 1.66. The van der Waals surface area contributed by atoms with Gasteiger partial charge in [0.25, 0.3) is 0 Å². The van der Waals surface area contributed by atoms with E-state index in [-0.39, 0.29) is 18.1 Å². The first-order chi connectivity index (χ1) is 11.9. The fraction of sp³-hybridized carbons (Fsp3) is 0.350. The van der Waals surface area contributed by atoms with E-state index in [4.69, 9.17) is 9.47 Å². The quantitative estimate of drug-likeness (QED) is 0.758. The van der Waals surface area contributed by atoms with Crippen LogP contribution in [0.15, 0.2) is 47.4 Å². The van der Waals surface area contributed by atoms with Gasteiger partial charge < -0.3 is 14.8 Å². The number of thioether (sulfide) groups is 1. The fourth-order valence-corrected chi connectivity index (χ4v) is 3.51. The molecule has 0 fully saturated rings. The lowest BCUT2D eigenvalue weighted by molar-refractivity contribution is -0.117. The molecule has 0 spiro atoms. The zero-order chi connectivity index (χ0) is 17.9. The highest BCUT2D eigenvalue weighted by molar-refractivity contribution is 7.98. The number of hydrogen-bond acceptors (Lipinski definition) is 4.